The van der Waals surface area contributed by atoms with E-state index in [-0.39, 0.29) is 25.0 Å². The van der Waals surface area contributed by atoms with E-state index < -0.39 is 17.0 Å². The molecular formula is C17H23ClN2O4. The van der Waals surface area contributed by atoms with Gasteiger partial charge < -0.3 is 20.1 Å². The zero-order valence-electron chi connectivity index (χ0n) is 13.7. The minimum Gasteiger partial charge on any atom is -0.469 e. The van der Waals surface area contributed by atoms with Crippen molar-refractivity contribution in [3.8, 4) is 0 Å². The van der Waals surface area contributed by atoms with E-state index in [1.165, 1.54) is 7.11 Å². The molecule has 132 valence electrons. The number of esters is 1. The molecule has 2 bridgehead atoms. The Balaban J connectivity index is 0.00000208. The quantitative estimate of drug-likeness (QED) is 0.809. The second kappa shape index (κ2) is 7.40. The van der Waals surface area contributed by atoms with E-state index in [0.29, 0.717) is 25.9 Å². The number of carbonyl (C=O) groups is 2. The first-order valence-electron chi connectivity index (χ1n) is 7.86. The topological polar surface area (TPSA) is 76.7 Å². The predicted molar refractivity (Wildman–Crippen MR) is 90.9 cm³/mol. The third-order valence-corrected chi connectivity index (χ3v) is 4.88. The first-order valence-corrected chi connectivity index (χ1v) is 7.86. The van der Waals surface area contributed by atoms with Crippen molar-refractivity contribution in [3.05, 3.63) is 35.9 Å². The molecule has 1 heterocycles. The van der Waals surface area contributed by atoms with Crippen LogP contribution in [0.3, 0.4) is 0 Å². The number of fused-ring (bicyclic) bond motifs is 2. The van der Waals surface area contributed by atoms with Gasteiger partial charge in [-0.15, -0.1) is 12.4 Å². The maximum atomic E-state index is 12.1. The fourth-order valence-electron chi connectivity index (χ4n) is 3.74. The van der Waals surface area contributed by atoms with Gasteiger partial charge in [0.1, 0.15) is 6.61 Å². The zero-order valence-corrected chi connectivity index (χ0v) is 14.5. The summed E-state index contributed by atoms with van der Waals surface area (Å²) in [5, 5.41) is 6.22. The summed E-state index contributed by atoms with van der Waals surface area (Å²) in [4.78, 5) is 24.2. The average molecular weight is 355 g/mol. The van der Waals surface area contributed by atoms with E-state index >= 15 is 0 Å². The number of piperidine rings is 1. The Morgan fingerprint density at radius 2 is 1.96 bits per heavy atom. The normalized spacial score (nSPS) is 27.7. The number of rotatable bonds is 4. The molecule has 2 atom stereocenters. The van der Waals surface area contributed by atoms with Crippen molar-refractivity contribution in [2.75, 3.05) is 20.2 Å². The lowest BCUT2D eigenvalue weighted by Gasteiger charge is -2.38. The monoisotopic (exact) mass is 354 g/mol. The Kier molecular flexibility index (Phi) is 5.72. The van der Waals surface area contributed by atoms with Gasteiger partial charge in [0.25, 0.3) is 0 Å². The number of methoxy groups -OCH3 is 1. The number of nitrogens with one attached hydrogen (secondary N) is 2. The van der Waals surface area contributed by atoms with E-state index in [0.717, 1.165) is 12.0 Å². The molecule has 7 heteroatoms. The van der Waals surface area contributed by atoms with Gasteiger partial charge >= 0.3 is 12.1 Å². The highest BCUT2D eigenvalue weighted by molar-refractivity contribution is 5.85. The minimum atomic E-state index is -0.528. The van der Waals surface area contributed by atoms with Crippen molar-refractivity contribution in [2.24, 2.45) is 5.41 Å². The SMILES string of the molecule is COC(=O)C12CCC(NC(=O)OCc3ccccc3)(CNC1)C2.Cl. The summed E-state index contributed by atoms with van der Waals surface area (Å²) in [5.41, 5.74) is -0.0165. The summed E-state index contributed by atoms with van der Waals surface area (Å²) < 4.78 is 10.2. The summed E-state index contributed by atoms with van der Waals surface area (Å²) >= 11 is 0. The molecule has 1 aromatic carbocycles. The molecule has 1 aromatic rings. The number of amides is 1. The molecule has 24 heavy (non-hydrogen) atoms. The maximum absolute atomic E-state index is 12.1. The molecular weight excluding hydrogens is 332 g/mol. The molecule has 2 fully saturated rings. The number of hydrogen-bond acceptors (Lipinski definition) is 5. The molecule has 1 aliphatic heterocycles. The Morgan fingerprint density at radius 3 is 2.67 bits per heavy atom. The second-order valence-corrected chi connectivity index (χ2v) is 6.52. The first kappa shape index (κ1) is 18.5. The van der Waals surface area contributed by atoms with Crippen LogP contribution in [0.25, 0.3) is 0 Å². The van der Waals surface area contributed by atoms with E-state index in [4.69, 9.17) is 9.47 Å². The fourth-order valence-corrected chi connectivity index (χ4v) is 3.74. The van der Waals surface area contributed by atoms with Gasteiger partial charge in [0.2, 0.25) is 0 Å². The van der Waals surface area contributed by atoms with Crippen molar-refractivity contribution in [2.45, 2.75) is 31.4 Å². The molecule has 0 aromatic heterocycles. The average Bonchev–Trinajstić information content (AvgIpc) is 2.84. The molecule has 1 amide bonds. The van der Waals surface area contributed by atoms with E-state index in [9.17, 15) is 9.59 Å². The largest absolute Gasteiger partial charge is 0.469 e. The Morgan fingerprint density at radius 1 is 1.21 bits per heavy atom. The first-order chi connectivity index (χ1) is 11.1. The van der Waals surface area contributed by atoms with Crippen LogP contribution in [0, 0.1) is 5.41 Å². The van der Waals surface area contributed by atoms with E-state index in [1.54, 1.807) is 0 Å². The van der Waals surface area contributed by atoms with Crippen LogP contribution < -0.4 is 10.6 Å². The molecule has 0 radical (unpaired) electrons. The van der Waals surface area contributed by atoms with Gasteiger partial charge in [-0.25, -0.2) is 4.79 Å². The van der Waals surface area contributed by atoms with Crippen LogP contribution in [0.1, 0.15) is 24.8 Å². The number of benzene rings is 1. The van der Waals surface area contributed by atoms with Gasteiger partial charge in [-0.3, -0.25) is 4.79 Å². The molecule has 2 N–H and O–H groups in total. The molecule has 6 nitrogen and oxygen atoms in total. The Bertz CT molecular complexity index is 598. The molecule has 0 spiro atoms. The summed E-state index contributed by atoms with van der Waals surface area (Å²) in [7, 11) is 1.41. The van der Waals surface area contributed by atoms with Crippen LogP contribution in [0.4, 0.5) is 4.79 Å². The Labute approximate surface area is 147 Å². The van der Waals surface area contributed by atoms with Crippen molar-refractivity contribution in [1.82, 2.24) is 10.6 Å². The van der Waals surface area contributed by atoms with Gasteiger partial charge in [-0.2, -0.15) is 0 Å². The molecule has 2 unspecified atom stereocenters. The smallest absolute Gasteiger partial charge is 0.407 e. The summed E-state index contributed by atoms with van der Waals surface area (Å²) in [6.07, 6.45) is 1.61. The Hall–Kier alpha value is -1.79. The van der Waals surface area contributed by atoms with Crippen molar-refractivity contribution < 1.29 is 19.1 Å². The highest BCUT2D eigenvalue weighted by Gasteiger charge is 2.56. The summed E-state index contributed by atoms with van der Waals surface area (Å²) in [5.74, 6) is -0.203. The van der Waals surface area contributed by atoms with E-state index in [1.807, 2.05) is 30.3 Å². The molecule has 1 saturated carbocycles. The van der Waals surface area contributed by atoms with Crippen molar-refractivity contribution in [3.63, 3.8) is 0 Å². The predicted octanol–water partition coefficient (Wildman–Crippen LogP) is 2.02. The van der Waals surface area contributed by atoms with Gasteiger partial charge in [-0.05, 0) is 24.8 Å². The van der Waals surface area contributed by atoms with Crippen LogP contribution in [0.15, 0.2) is 30.3 Å². The van der Waals surface area contributed by atoms with Crippen LogP contribution in [0.5, 0.6) is 0 Å². The van der Waals surface area contributed by atoms with Gasteiger partial charge in [0.05, 0.1) is 18.1 Å². The number of carbonyl (C=O) groups excluding carboxylic acids is 2. The van der Waals surface area contributed by atoms with Gasteiger partial charge in [0, 0.05) is 13.1 Å². The third-order valence-electron chi connectivity index (χ3n) is 4.88. The highest BCUT2D eigenvalue weighted by Crippen LogP contribution is 2.47. The molecule has 1 aliphatic carbocycles. The highest BCUT2D eigenvalue weighted by atomic mass is 35.5. The summed E-state index contributed by atoms with van der Waals surface area (Å²) in [6.45, 7) is 1.48. The summed E-state index contributed by atoms with van der Waals surface area (Å²) in [6, 6.07) is 9.54. The zero-order chi connectivity index (χ0) is 16.3. The van der Waals surface area contributed by atoms with Crippen LogP contribution in [-0.2, 0) is 20.9 Å². The maximum Gasteiger partial charge on any atom is 0.407 e. The fraction of sp³-hybridized carbons (Fsp3) is 0.529. The van der Waals surface area contributed by atoms with Crippen molar-refractivity contribution in [1.29, 1.82) is 0 Å². The standard InChI is InChI=1S/C17H22N2O4.ClH/c1-22-14(20)16-7-8-17(10-16,12-18-11-16)19-15(21)23-9-13-5-3-2-4-6-13;/h2-6,18H,7-12H2,1H3,(H,19,21);1H. The lowest BCUT2D eigenvalue weighted by atomic mass is 9.80. The lowest BCUT2D eigenvalue weighted by Crippen LogP contribution is -2.59. The third kappa shape index (κ3) is 3.65. The van der Waals surface area contributed by atoms with Crippen LogP contribution in [0.2, 0.25) is 0 Å². The lowest BCUT2D eigenvalue weighted by molar-refractivity contribution is -0.153. The van der Waals surface area contributed by atoms with Crippen LogP contribution >= 0.6 is 12.4 Å². The van der Waals surface area contributed by atoms with Gasteiger partial charge in [-0.1, -0.05) is 30.3 Å². The van der Waals surface area contributed by atoms with Gasteiger partial charge in [0.15, 0.2) is 0 Å². The number of hydrogen-bond donors (Lipinski definition) is 2. The number of halogens is 1. The number of alkyl carbamates (subject to hydrolysis) is 1. The van der Waals surface area contributed by atoms with E-state index in [2.05, 4.69) is 10.6 Å². The second-order valence-electron chi connectivity index (χ2n) is 6.52. The molecule has 2 aliphatic rings. The van der Waals surface area contributed by atoms with Crippen molar-refractivity contribution >= 4 is 24.5 Å². The minimum absolute atomic E-state index is 0. The van der Waals surface area contributed by atoms with Crippen LogP contribution in [-0.4, -0.2) is 37.8 Å². The molecule has 1 saturated heterocycles. The molecule has 3 rings (SSSR count). The number of ether oxygens (including phenoxy) is 2.